The number of anilines is 6. The summed E-state index contributed by atoms with van der Waals surface area (Å²) in [5, 5.41) is 6.38. The molecule has 5 rings (SSSR count). The molecular formula is C30H37N7O3. The normalized spacial score (nSPS) is 16.5. The molecule has 2 N–H and O–H groups in total. The Labute approximate surface area is 235 Å². The lowest BCUT2D eigenvalue weighted by Crippen LogP contribution is -2.37. The summed E-state index contributed by atoms with van der Waals surface area (Å²) in [6.45, 7) is 3.56. The number of nitrogens with zero attached hydrogens (tertiary/aromatic N) is 5. The van der Waals surface area contributed by atoms with E-state index >= 15 is 0 Å². The van der Waals surface area contributed by atoms with Crippen molar-refractivity contribution in [3.8, 4) is 5.75 Å². The molecule has 0 bridgehead atoms. The van der Waals surface area contributed by atoms with Crippen molar-refractivity contribution in [2.45, 2.75) is 26.2 Å². The average Bonchev–Trinajstić information content (AvgIpc) is 3.79. The first-order chi connectivity index (χ1) is 19.2. The lowest BCUT2D eigenvalue weighted by molar-refractivity contribution is -0.121. The minimum atomic E-state index is -0.156. The van der Waals surface area contributed by atoms with E-state index in [4.69, 9.17) is 9.72 Å². The zero-order chi connectivity index (χ0) is 28.4. The highest BCUT2D eigenvalue weighted by molar-refractivity contribution is 6.03. The minimum Gasteiger partial charge on any atom is -0.494 e. The van der Waals surface area contributed by atoms with Crippen LogP contribution in [0.3, 0.4) is 0 Å². The summed E-state index contributed by atoms with van der Waals surface area (Å²) in [6, 6.07) is 13.4. The molecule has 210 valence electrons. The first-order valence-corrected chi connectivity index (χ1v) is 13.7. The molecule has 1 aliphatic carbocycles. The van der Waals surface area contributed by atoms with Crippen molar-refractivity contribution >= 4 is 46.3 Å². The van der Waals surface area contributed by atoms with Gasteiger partial charge in [-0.25, -0.2) is 4.98 Å². The van der Waals surface area contributed by atoms with Gasteiger partial charge in [-0.2, -0.15) is 4.98 Å². The third kappa shape index (κ3) is 5.86. The van der Waals surface area contributed by atoms with Crippen molar-refractivity contribution in [1.82, 2.24) is 14.9 Å². The maximum Gasteiger partial charge on any atom is 0.235 e. The SMILES string of the molecule is COc1cc(N(C)CCN(C)C)c(NC(=O)C2CC2)cc1Nc1nccc(N2C(=O)C(C)Cc3ccccc32)n1. The molecule has 1 saturated carbocycles. The Balaban J connectivity index is 1.48. The zero-order valence-corrected chi connectivity index (χ0v) is 23.8. The molecule has 1 aromatic heterocycles. The summed E-state index contributed by atoms with van der Waals surface area (Å²) >= 11 is 0. The van der Waals surface area contributed by atoms with Crippen LogP contribution in [0.1, 0.15) is 25.3 Å². The second-order valence-electron chi connectivity index (χ2n) is 10.8. The van der Waals surface area contributed by atoms with Crippen molar-refractivity contribution in [3.63, 3.8) is 0 Å². The van der Waals surface area contributed by atoms with Crippen molar-refractivity contribution in [2.75, 3.05) is 61.8 Å². The predicted octanol–water partition coefficient (Wildman–Crippen LogP) is 4.43. The maximum atomic E-state index is 13.2. The van der Waals surface area contributed by atoms with E-state index in [0.29, 0.717) is 35.3 Å². The number of para-hydroxylation sites is 1. The van der Waals surface area contributed by atoms with Gasteiger partial charge >= 0.3 is 0 Å². The third-order valence-corrected chi connectivity index (χ3v) is 7.33. The number of amides is 2. The molecule has 0 saturated heterocycles. The quantitative estimate of drug-likeness (QED) is 0.387. The van der Waals surface area contributed by atoms with Crippen LogP contribution in [-0.2, 0) is 16.0 Å². The number of fused-ring (bicyclic) bond motifs is 1. The van der Waals surface area contributed by atoms with Crippen LogP contribution in [0.5, 0.6) is 5.75 Å². The fraction of sp³-hybridized carbons (Fsp3) is 0.400. The summed E-state index contributed by atoms with van der Waals surface area (Å²) in [5.41, 5.74) is 4.09. The first kappa shape index (κ1) is 27.4. The van der Waals surface area contributed by atoms with Crippen LogP contribution in [0.4, 0.5) is 34.5 Å². The molecule has 10 heteroatoms. The summed E-state index contributed by atoms with van der Waals surface area (Å²) < 4.78 is 5.75. The van der Waals surface area contributed by atoms with Gasteiger partial charge in [-0.15, -0.1) is 0 Å². The number of benzene rings is 2. The van der Waals surface area contributed by atoms with Gasteiger partial charge in [0.1, 0.15) is 11.6 Å². The van der Waals surface area contributed by atoms with E-state index in [1.807, 2.05) is 64.5 Å². The number of rotatable bonds is 10. The Morgan fingerprint density at radius 2 is 1.88 bits per heavy atom. The predicted molar refractivity (Wildman–Crippen MR) is 158 cm³/mol. The molecule has 2 heterocycles. The largest absolute Gasteiger partial charge is 0.494 e. The van der Waals surface area contributed by atoms with Gasteiger partial charge in [-0.3, -0.25) is 14.5 Å². The lowest BCUT2D eigenvalue weighted by atomic mass is 9.93. The number of aromatic nitrogens is 2. The number of ether oxygens (including phenoxy) is 1. The van der Waals surface area contributed by atoms with Gasteiger partial charge in [-0.1, -0.05) is 25.1 Å². The molecule has 2 aromatic carbocycles. The smallest absolute Gasteiger partial charge is 0.235 e. The van der Waals surface area contributed by atoms with Gasteiger partial charge < -0.3 is 25.2 Å². The topological polar surface area (TPSA) is 103 Å². The first-order valence-electron chi connectivity index (χ1n) is 13.7. The van der Waals surface area contributed by atoms with E-state index in [2.05, 4.69) is 25.4 Å². The molecule has 0 radical (unpaired) electrons. The lowest BCUT2D eigenvalue weighted by Gasteiger charge is -2.32. The van der Waals surface area contributed by atoms with E-state index < -0.39 is 0 Å². The van der Waals surface area contributed by atoms with E-state index in [9.17, 15) is 9.59 Å². The number of carbonyl (C=O) groups excluding carboxylic acids is 2. The molecule has 2 amide bonds. The molecule has 1 aliphatic heterocycles. The molecule has 1 fully saturated rings. The van der Waals surface area contributed by atoms with E-state index in [-0.39, 0.29) is 23.7 Å². The second-order valence-corrected chi connectivity index (χ2v) is 10.8. The van der Waals surface area contributed by atoms with Gasteiger partial charge in [0.2, 0.25) is 17.8 Å². The second kappa shape index (κ2) is 11.5. The highest BCUT2D eigenvalue weighted by Crippen LogP contribution is 2.40. The number of likely N-dealkylation sites (N-methyl/N-ethyl adjacent to an activating group) is 2. The van der Waals surface area contributed by atoms with Gasteiger partial charge in [0.05, 0.1) is 29.9 Å². The van der Waals surface area contributed by atoms with Gasteiger partial charge in [0, 0.05) is 50.3 Å². The fourth-order valence-electron chi connectivity index (χ4n) is 4.85. The van der Waals surface area contributed by atoms with Crippen LogP contribution >= 0.6 is 0 Å². The molecular weight excluding hydrogens is 506 g/mol. The van der Waals surface area contributed by atoms with Crippen molar-refractivity contribution in [1.29, 1.82) is 0 Å². The molecule has 10 nitrogen and oxygen atoms in total. The van der Waals surface area contributed by atoms with Crippen LogP contribution in [-0.4, -0.2) is 68.0 Å². The Bertz CT molecular complexity index is 1410. The molecule has 40 heavy (non-hydrogen) atoms. The van der Waals surface area contributed by atoms with Crippen LogP contribution in [0.15, 0.2) is 48.7 Å². The summed E-state index contributed by atoms with van der Waals surface area (Å²) in [4.78, 5) is 41.0. The van der Waals surface area contributed by atoms with Gasteiger partial charge in [0.15, 0.2) is 0 Å². The standard InChI is InChI=1S/C30H37N7O3/c1-19-16-21-8-6-7-9-24(21)37(29(19)39)27-12-13-31-30(34-27)33-23-17-22(32-28(38)20-10-11-20)25(18-26(23)40-5)36(4)15-14-35(2)3/h6-9,12-13,17-20H,10-11,14-16H2,1-5H3,(H,32,38)(H,31,33,34). The number of nitrogens with one attached hydrogen (secondary N) is 2. The number of carbonyl (C=O) groups is 2. The van der Waals surface area contributed by atoms with Gasteiger partial charge in [0.25, 0.3) is 0 Å². The van der Waals surface area contributed by atoms with Crippen molar-refractivity contribution in [2.24, 2.45) is 11.8 Å². The fourth-order valence-corrected chi connectivity index (χ4v) is 4.85. The third-order valence-electron chi connectivity index (χ3n) is 7.33. The number of methoxy groups -OCH3 is 1. The maximum absolute atomic E-state index is 13.2. The monoisotopic (exact) mass is 543 g/mol. The Hall–Kier alpha value is -4.18. The Kier molecular flexibility index (Phi) is 7.88. The van der Waals surface area contributed by atoms with Crippen LogP contribution in [0.2, 0.25) is 0 Å². The number of hydrogen-bond donors (Lipinski definition) is 2. The summed E-state index contributed by atoms with van der Waals surface area (Å²) in [6.07, 6.45) is 4.15. The zero-order valence-electron chi connectivity index (χ0n) is 23.8. The van der Waals surface area contributed by atoms with Crippen LogP contribution in [0.25, 0.3) is 0 Å². The van der Waals surface area contributed by atoms with Crippen LogP contribution in [0, 0.1) is 11.8 Å². The molecule has 3 aromatic rings. The highest BCUT2D eigenvalue weighted by Gasteiger charge is 2.32. The molecule has 1 unspecified atom stereocenters. The highest BCUT2D eigenvalue weighted by atomic mass is 16.5. The minimum absolute atomic E-state index is 0.00359. The van der Waals surface area contributed by atoms with Gasteiger partial charge in [-0.05, 0) is 51.1 Å². The Morgan fingerprint density at radius 1 is 1.10 bits per heavy atom. The van der Waals surface area contributed by atoms with E-state index in [0.717, 1.165) is 42.9 Å². The van der Waals surface area contributed by atoms with Crippen molar-refractivity contribution in [3.05, 3.63) is 54.2 Å². The molecule has 1 atom stereocenters. The van der Waals surface area contributed by atoms with Crippen LogP contribution < -0.4 is 25.2 Å². The molecule has 2 aliphatic rings. The average molecular weight is 544 g/mol. The Morgan fingerprint density at radius 3 is 2.60 bits per heavy atom. The van der Waals surface area contributed by atoms with E-state index in [1.54, 1.807) is 24.3 Å². The van der Waals surface area contributed by atoms with E-state index in [1.165, 1.54) is 0 Å². The number of hydrogen-bond acceptors (Lipinski definition) is 8. The summed E-state index contributed by atoms with van der Waals surface area (Å²) in [7, 11) is 7.66. The molecule has 0 spiro atoms. The summed E-state index contributed by atoms with van der Waals surface area (Å²) in [5.74, 6) is 1.30. The van der Waals surface area contributed by atoms with Crippen molar-refractivity contribution < 1.29 is 14.3 Å².